The topological polar surface area (TPSA) is 131 Å². The standard InChI is InChI=1S/C28H35N5O5S/c1-32(2)24-9-3-7-22-21(24)6-4-11-26(22)39(36,37)33-14-12-19(13-15-33)16-29-17-20(34)18-38-25-10-5-8-23-27(25)31-28(35)30-23/h3-11,19-20,29,34H,12-18H2,1-2H3,(H2,30,31,35)/t20-/m1/s1. The van der Waals surface area contributed by atoms with Crippen LogP contribution >= 0.6 is 0 Å². The summed E-state index contributed by atoms with van der Waals surface area (Å²) in [5.74, 6) is 0.818. The average molecular weight is 554 g/mol. The van der Waals surface area contributed by atoms with Crippen LogP contribution in [0.25, 0.3) is 21.8 Å². The first-order valence-electron chi connectivity index (χ1n) is 13.2. The number of hydrogen-bond donors (Lipinski definition) is 4. The number of anilines is 1. The molecule has 0 radical (unpaired) electrons. The second-order valence-corrected chi connectivity index (χ2v) is 12.2. The van der Waals surface area contributed by atoms with E-state index in [1.54, 1.807) is 28.6 Å². The maximum Gasteiger partial charge on any atom is 0.323 e. The average Bonchev–Trinajstić information content (AvgIpc) is 3.32. The van der Waals surface area contributed by atoms with Crippen molar-refractivity contribution < 1.29 is 18.3 Å². The molecular weight excluding hydrogens is 518 g/mol. The van der Waals surface area contributed by atoms with Crippen LogP contribution in [0.5, 0.6) is 5.75 Å². The monoisotopic (exact) mass is 553 g/mol. The van der Waals surface area contributed by atoms with Gasteiger partial charge >= 0.3 is 5.69 Å². The van der Waals surface area contributed by atoms with Crippen LogP contribution < -0.4 is 20.6 Å². The smallest absolute Gasteiger partial charge is 0.323 e. The summed E-state index contributed by atoms with van der Waals surface area (Å²) in [7, 11) is 0.281. The Balaban J connectivity index is 1.12. The van der Waals surface area contributed by atoms with Gasteiger partial charge in [-0.05, 0) is 49.6 Å². The van der Waals surface area contributed by atoms with Crippen molar-refractivity contribution in [3.63, 3.8) is 0 Å². The number of rotatable bonds is 10. The molecule has 0 spiro atoms. The van der Waals surface area contributed by atoms with Crippen molar-refractivity contribution in [3.05, 3.63) is 65.1 Å². The maximum atomic E-state index is 13.6. The normalized spacial score (nSPS) is 16.1. The highest BCUT2D eigenvalue weighted by Gasteiger charge is 2.30. The van der Waals surface area contributed by atoms with Gasteiger partial charge in [0.1, 0.15) is 24.0 Å². The lowest BCUT2D eigenvalue weighted by Crippen LogP contribution is -2.42. The van der Waals surface area contributed by atoms with Gasteiger partial charge in [0.05, 0.1) is 10.4 Å². The Bertz CT molecular complexity index is 1610. The fourth-order valence-electron chi connectivity index (χ4n) is 5.22. The number of fused-ring (bicyclic) bond motifs is 2. The van der Waals surface area contributed by atoms with Gasteiger partial charge in [-0.2, -0.15) is 4.31 Å². The minimum absolute atomic E-state index is 0.0799. The first-order chi connectivity index (χ1) is 18.7. The summed E-state index contributed by atoms with van der Waals surface area (Å²) in [6.07, 6.45) is 0.759. The van der Waals surface area contributed by atoms with E-state index in [4.69, 9.17) is 4.74 Å². The Hall–Kier alpha value is -3.38. The van der Waals surface area contributed by atoms with E-state index in [2.05, 4.69) is 15.3 Å². The number of aromatic amines is 2. The zero-order valence-electron chi connectivity index (χ0n) is 22.2. The fraction of sp³-hybridized carbons (Fsp3) is 0.393. The van der Waals surface area contributed by atoms with Gasteiger partial charge in [0.25, 0.3) is 0 Å². The van der Waals surface area contributed by atoms with Crippen molar-refractivity contribution in [2.75, 3.05) is 51.8 Å². The van der Waals surface area contributed by atoms with Gasteiger partial charge < -0.3 is 30.0 Å². The summed E-state index contributed by atoms with van der Waals surface area (Å²) in [6, 6.07) is 16.5. The summed E-state index contributed by atoms with van der Waals surface area (Å²) < 4.78 is 34.5. The van der Waals surface area contributed by atoms with E-state index in [-0.39, 0.29) is 12.3 Å². The maximum absolute atomic E-state index is 13.6. The van der Waals surface area contributed by atoms with Crippen LogP contribution in [0.2, 0.25) is 0 Å². The molecule has 3 aromatic carbocycles. The lowest BCUT2D eigenvalue weighted by Gasteiger charge is -2.32. The zero-order valence-corrected chi connectivity index (χ0v) is 23.0. The van der Waals surface area contributed by atoms with Gasteiger partial charge in [-0.25, -0.2) is 13.2 Å². The van der Waals surface area contributed by atoms with E-state index < -0.39 is 16.1 Å². The number of ether oxygens (including phenoxy) is 1. The van der Waals surface area contributed by atoms with Gasteiger partial charge in [-0.3, -0.25) is 0 Å². The lowest BCUT2D eigenvalue weighted by atomic mass is 9.98. The molecule has 0 aliphatic carbocycles. The summed E-state index contributed by atoms with van der Waals surface area (Å²) >= 11 is 0. The van der Waals surface area contributed by atoms with Crippen molar-refractivity contribution in [2.45, 2.75) is 23.8 Å². The number of nitrogens with one attached hydrogen (secondary N) is 3. The second kappa shape index (κ2) is 11.4. The van der Waals surface area contributed by atoms with E-state index in [0.717, 1.165) is 29.3 Å². The van der Waals surface area contributed by atoms with Crippen LogP contribution in [-0.4, -0.2) is 80.8 Å². The molecule has 1 aliphatic rings. The Kier molecular flexibility index (Phi) is 7.94. The SMILES string of the molecule is CN(C)c1cccc2c(S(=O)(=O)N3CCC(CNC[C@@H](O)COc4cccc5[nH]c(=O)[nH]c45)CC3)cccc12. The third-order valence-electron chi connectivity index (χ3n) is 7.29. The van der Waals surface area contributed by atoms with Crippen LogP contribution in [0.1, 0.15) is 12.8 Å². The minimum Gasteiger partial charge on any atom is -0.489 e. The molecule has 0 saturated carbocycles. The van der Waals surface area contributed by atoms with Crippen LogP contribution in [0.4, 0.5) is 5.69 Å². The number of aliphatic hydroxyl groups excluding tert-OH is 1. The number of aliphatic hydroxyl groups is 1. The van der Waals surface area contributed by atoms with Crippen molar-refractivity contribution >= 4 is 37.5 Å². The largest absolute Gasteiger partial charge is 0.489 e. The van der Waals surface area contributed by atoms with E-state index in [1.165, 1.54) is 0 Å². The number of sulfonamides is 1. The molecule has 208 valence electrons. The highest BCUT2D eigenvalue weighted by Crippen LogP contribution is 2.33. The quantitative estimate of drug-likeness (QED) is 0.237. The molecule has 1 atom stereocenters. The lowest BCUT2D eigenvalue weighted by molar-refractivity contribution is 0.105. The van der Waals surface area contributed by atoms with Crippen molar-refractivity contribution in [3.8, 4) is 5.75 Å². The third kappa shape index (κ3) is 5.81. The number of aromatic nitrogens is 2. The summed E-state index contributed by atoms with van der Waals surface area (Å²) in [6.45, 7) is 2.04. The molecule has 1 aromatic heterocycles. The van der Waals surface area contributed by atoms with E-state index in [9.17, 15) is 18.3 Å². The molecule has 1 saturated heterocycles. The summed E-state index contributed by atoms with van der Waals surface area (Å²) in [4.78, 5) is 19.3. The number of para-hydroxylation sites is 1. The molecule has 2 heterocycles. The van der Waals surface area contributed by atoms with Crippen LogP contribution in [0.15, 0.2) is 64.3 Å². The Labute approximate surface area is 227 Å². The fourth-order valence-corrected chi connectivity index (χ4v) is 6.90. The molecule has 0 amide bonds. The second-order valence-electron chi connectivity index (χ2n) is 10.3. The Morgan fingerprint density at radius 2 is 1.77 bits per heavy atom. The Morgan fingerprint density at radius 1 is 1.05 bits per heavy atom. The molecule has 10 nitrogen and oxygen atoms in total. The molecule has 0 bridgehead atoms. The predicted molar refractivity (Wildman–Crippen MR) is 153 cm³/mol. The van der Waals surface area contributed by atoms with Gasteiger partial charge in [0.15, 0.2) is 0 Å². The molecule has 1 fully saturated rings. The molecule has 4 aromatic rings. The first kappa shape index (κ1) is 27.2. The molecule has 1 aliphatic heterocycles. The zero-order chi connectivity index (χ0) is 27.6. The molecule has 0 unspecified atom stereocenters. The minimum atomic E-state index is -3.62. The molecule has 5 rings (SSSR count). The Morgan fingerprint density at radius 3 is 2.54 bits per heavy atom. The predicted octanol–water partition coefficient (Wildman–Crippen LogP) is 2.51. The highest BCUT2D eigenvalue weighted by atomic mass is 32.2. The van der Waals surface area contributed by atoms with E-state index in [0.29, 0.717) is 53.8 Å². The van der Waals surface area contributed by atoms with Gasteiger partial charge in [0.2, 0.25) is 10.0 Å². The van der Waals surface area contributed by atoms with Gasteiger partial charge in [-0.1, -0.05) is 30.3 Å². The first-order valence-corrected chi connectivity index (χ1v) is 14.6. The van der Waals surface area contributed by atoms with Crippen LogP contribution in [0.3, 0.4) is 0 Å². The van der Waals surface area contributed by atoms with Gasteiger partial charge in [0, 0.05) is 50.2 Å². The number of hydrogen-bond acceptors (Lipinski definition) is 7. The molecular formula is C28H35N5O5S. The third-order valence-corrected chi connectivity index (χ3v) is 9.25. The van der Waals surface area contributed by atoms with Crippen molar-refractivity contribution in [1.82, 2.24) is 19.6 Å². The van der Waals surface area contributed by atoms with E-state index in [1.807, 2.05) is 49.3 Å². The van der Waals surface area contributed by atoms with Crippen LogP contribution in [0, 0.1) is 5.92 Å². The highest BCUT2D eigenvalue weighted by molar-refractivity contribution is 7.89. The van der Waals surface area contributed by atoms with E-state index >= 15 is 0 Å². The number of imidazole rings is 1. The molecule has 39 heavy (non-hydrogen) atoms. The number of benzene rings is 3. The number of H-pyrrole nitrogens is 2. The molecule has 4 N–H and O–H groups in total. The number of nitrogens with zero attached hydrogens (tertiary/aromatic N) is 2. The summed E-state index contributed by atoms with van der Waals surface area (Å²) in [5.41, 5.74) is 1.90. The molecule has 11 heteroatoms. The van der Waals surface area contributed by atoms with Crippen molar-refractivity contribution in [1.29, 1.82) is 0 Å². The van der Waals surface area contributed by atoms with Gasteiger partial charge in [-0.15, -0.1) is 0 Å². The number of piperidine rings is 1. The van der Waals surface area contributed by atoms with Crippen molar-refractivity contribution in [2.24, 2.45) is 5.92 Å². The summed E-state index contributed by atoms with van der Waals surface area (Å²) in [5, 5.41) is 15.3. The van der Waals surface area contributed by atoms with Crippen LogP contribution in [-0.2, 0) is 10.0 Å².